The minimum atomic E-state index is -0.207. The van der Waals surface area contributed by atoms with Gasteiger partial charge in [-0.25, -0.2) is 0 Å². The molecule has 0 radical (unpaired) electrons. The third kappa shape index (κ3) is 3.91. The first-order chi connectivity index (χ1) is 7.88. The van der Waals surface area contributed by atoms with Gasteiger partial charge in [-0.3, -0.25) is 17.8 Å². The van der Waals surface area contributed by atoms with Crippen LogP contribution in [0.25, 0.3) is 0 Å². The molecular formula is C12H16BrMgNO. The number of halogens is 1. The Labute approximate surface area is 113 Å². The average Bonchev–Trinajstić information content (AvgIpc) is 2.83. The van der Waals surface area contributed by atoms with E-state index in [2.05, 4.69) is 42.0 Å². The summed E-state index contributed by atoms with van der Waals surface area (Å²) >= 11 is 3.36. The topological polar surface area (TPSA) is 12.5 Å². The van der Waals surface area contributed by atoms with Gasteiger partial charge in [-0.1, -0.05) is 12.1 Å². The van der Waals surface area contributed by atoms with Crippen molar-refractivity contribution in [2.75, 3.05) is 26.2 Å². The van der Waals surface area contributed by atoms with E-state index in [1.54, 1.807) is 0 Å². The fourth-order valence-corrected chi connectivity index (χ4v) is 3.51. The maximum Gasteiger partial charge on any atom is 0.506 e. The molecule has 0 bridgehead atoms. The van der Waals surface area contributed by atoms with Crippen molar-refractivity contribution in [1.29, 1.82) is 0 Å². The third-order valence-corrected chi connectivity index (χ3v) is 5.68. The highest BCUT2D eigenvalue weighted by atomic mass is 79.9. The van der Waals surface area contributed by atoms with Crippen molar-refractivity contribution in [3.63, 3.8) is 0 Å². The third-order valence-electron chi connectivity index (χ3n) is 2.95. The first kappa shape index (κ1) is 12.7. The van der Waals surface area contributed by atoms with Gasteiger partial charge in [0.15, 0.2) is 0 Å². The lowest BCUT2D eigenvalue weighted by Crippen LogP contribution is -2.25. The highest BCUT2D eigenvalue weighted by molar-refractivity contribution is 9.23. The van der Waals surface area contributed by atoms with Crippen LogP contribution in [0.3, 0.4) is 0 Å². The molecule has 0 aromatic heterocycles. The van der Waals surface area contributed by atoms with E-state index in [4.69, 9.17) is 4.74 Å². The Morgan fingerprint density at radius 3 is 2.50 bits per heavy atom. The molecule has 0 atom stereocenters. The van der Waals surface area contributed by atoms with Crippen LogP contribution in [0.4, 0.5) is 0 Å². The summed E-state index contributed by atoms with van der Waals surface area (Å²) in [5.41, 5.74) is 0. The maximum absolute atomic E-state index is 5.73. The number of nitrogens with zero attached hydrogens (tertiary/aromatic N) is 1. The lowest BCUT2D eigenvalue weighted by Gasteiger charge is -2.14. The van der Waals surface area contributed by atoms with Crippen molar-refractivity contribution in [3.8, 4) is 5.75 Å². The molecule has 1 saturated heterocycles. The first-order valence-electron chi connectivity index (χ1n) is 5.88. The van der Waals surface area contributed by atoms with Crippen LogP contribution in [0.5, 0.6) is 5.75 Å². The second kappa shape index (κ2) is 6.84. The highest BCUT2D eigenvalue weighted by Gasteiger charge is 2.10. The predicted molar refractivity (Wildman–Crippen MR) is 71.9 cm³/mol. The smallest absolute Gasteiger partial charge is 0.492 e. The summed E-state index contributed by atoms with van der Waals surface area (Å²) in [5, 5.41) is 0. The van der Waals surface area contributed by atoms with Gasteiger partial charge < -0.3 is 4.74 Å². The van der Waals surface area contributed by atoms with Crippen LogP contribution >= 0.6 is 12.9 Å². The van der Waals surface area contributed by atoms with Crippen LogP contribution in [-0.4, -0.2) is 49.3 Å². The van der Waals surface area contributed by atoms with Crippen molar-refractivity contribution in [1.82, 2.24) is 4.90 Å². The summed E-state index contributed by atoms with van der Waals surface area (Å²) < 4.78 is 7.15. The highest BCUT2D eigenvalue weighted by Crippen LogP contribution is 2.09. The largest absolute Gasteiger partial charge is 0.506 e. The number of hydrogen-bond donors (Lipinski definition) is 0. The van der Waals surface area contributed by atoms with Crippen molar-refractivity contribution >= 4 is 34.8 Å². The number of ether oxygens (including phenoxy) is 1. The minimum Gasteiger partial charge on any atom is -0.492 e. The van der Waals surface area contributed by atoms with Crippen LogP contribution < -0.4 is 8.43 Å². The van der Waals surface area contributed by atoms with E-state index in [0.717, 1.165) is 18.9 Å². The molecule has 1 aromatic carbocycles. The molecule has 0 unspecified atom stereocenters. The monoisotopic (exact) mass is 293 g/mol. The van der Waals surface area contributed by atoms with Crippen molar-refractivity contribution < 1.29 is 4.74 Å². The van der Waals surface area contributed by atoms with Gasteiger partial charge in [0.2, 0.25) is 0 Å². The summed E-state index contributed by atoms with van der Waals surface area (Å²) in [6.45, 7) is 4.37. The number of hydrogen-bond acceptors (Lipinski definition) is 2. The summed E-state index contributed by atoms with van der Waals surface area (Å²) in [6.07, 6.45) is 2.70. The van der Waals surface area contributed by atoms with Gasteiger partial charge in [-0.2, -0.15) is 3.69 Å². The molecule has 1 aromatic rings. The standard InChI is InChI=1S/C12H16NO.BrH.Mg/c1-2-6-12(7-3-1)14-11-10-13-8-4-5-9-13;;/h2-3,6-7H,4-5,8-11H2;1H;/q;;+1/p-1. The summed E-state index contributed by atoms with van der Waals surface area (Å²) in [6, 6.07) is 8.47. The predicted octanol–water partition coefficient (Wildman–Crippen LogP) is 1.80. The SMILES string of the molecule is [Br][Mg][c]1ccc(OCCN2CCCC2)cc1. The molecule has 0 saturated carbocycles. The van der Waals surface area contributed by atoms with Gasteiger partial charge in [0.1, 0.15) is 12.4 Å². The number of rotatable bonds is 5. The molecule has 2 rings (SSSR count). The molecule has 0 aliphatic carbocycles. The lowest BCUT2D eigenvalue weighted by atomic mass is 10.3. The lowest BCUT2D eigenvalue weighted by molar-refractivity contribution is 0.238. The Morgan fingerprint density at radius 1 is 1.19 bits per heavy atom. The fraction of sp³-hybridized carbons (Fsp3) is 0.500. The number of likely N-dealkylation sites (tertiary alicyclic amines) is 1. The Kier molecular flexibility index (Phi) is 5.42. The zero-order chi connectivity index (χ0) is 11.2. The second-order valence-electron chi connectivity index (χ2n) is 4.17. The zero-order valence-electron chi connectivity index (χ0n) is 9.49. The number of benzene rings is 1. The van der Waals surface area contributed by atoms with Crippen molar-refractivity contribution in [2.45, 2.75) is 12.8 Å². The second-order valence-corrected chi connectivity index (χ2v) is 6.94. The van der Waals surface area contributed by atoms with E-state index in [1.165, 1.54) is 29.6 Å². The fourth-order valence-electron chi connectivity index (χ4n) is 1.97. The van der Waals surface area contributed by atoms with Gasteiger partial charge in [0.05, 0.1) is 0 Å². The van der Waals surface area contributed by atoms with Crippen LogP contribution in [0.1, 0.15) is 12.8 Å². The van der Waals surface area contributed by atoms with Gasteiger partial charge in [-0.05, 0) is 38.1 Å². The first-order valence-corrected chi connectivity index (χ1v) is 10.5. The van der Waals surface area contributed by atoms with E-state index in [1.807, 2.05) is 0 Å². The van der Waals surface area contributed by atoms with E-state index >= 15 is 0 Å². The van der Waals surface area contributed by atoms with E-state index in [0.29, 0.717) is 0 Å². The Hall–Kier alpha value is 0.226. The van der Waals surface area contributed by atoms with E-state index < -0.39 is 0 Å². The zero-order valence-corrected chi connectivity index (χ0v) is 12.5. The Balaban J connectivity index is 1.71. The Morgan fingerprint density at radius 2 is 1.88 bits per heavy atom. The molecule has 1 heterocycles. The van der Waals surface area contributed by atoms with Crippen LogP contribution in [0.2, 0.25) is 0 Å². The quantitative estimate of drug-likeness (QED) is 0.768. The maximum atomic E-state index is 5.73. The van der Waals surface area contributed by atoms with Crippen molar-refractivity contribution in [2.24, 2.45) is 0 Å². The normalized spacial score (nSPS) is 16.1. The molecule has 2 nitrogen and oxygen atoms in total. The summed E-state index contributed by atoms with van der Waals surface area (Å²) in [5.74, 6) is 0.998. The van der Waals surface area contributed by atoms with Crippen molar-refractivity contribution in [3.05, 3.63) is 24.3 Å². The van der Waals surface area contributed by atoms with Gasteiger partial charge in [-0.15, -0.1) is 0 Å². The molecule has 0 spiro atoms. The average molecular weight is 294 g/mol. The van der Waals surface area contributed by atoms with Gasteiger partial charge >= 0.3 is 18.2 Å². The minimum absolute atomic E-state index is 0.207. The van der Waals surface area contributed by atoms with Crippen LogP contribution in [0, 0.1) is 0 Å². The van der Waals surface area contributed by atoms with E-state index in [-0.39, 0.29) is 18.2 Å². The molecule has 1 fully saturated rings. The summed E-state index contributed by atoms with van der Waals surface area (Å²) in [4.78, 5) is 2.47. The molecule has 16 heavy (non-hydrogen) atoms. The molecule has 0 N–H and O–H groups in total. The van der Waals surface area contributed by atoms with Crippen LogP contribution in [0.15, 0.2) is 24.3 Å². The molecule has 84 valence electrons. The van der Waals surface area contributed by atoms with E-state index in [9.17, 15) is 0 Å². The summed E-state index contributed by atoms with van der Waals surface area (Å²) in [7, 11) is 0. The van der Waals surface area contributed by atoms with Gasteiger partial charge in [0, 0.05) is 6.54 Å². The molecule has 4 heteroatoms. The molecule has 1 aliphatic heterocycles. The molecule has 1 aliphatic rings. The van der Waals surface area contributed by atoms with Gasteiger partial charge in [0.25, 0.3) is 0 Å². The molecule has 0 amide bonds. The molecular weight excluding hydrogens is 278 g/mol. The van der Waals surface area contributed by atoms with Crippen LogP contribution in [-0.2, 0) is 0 Å². The Bertz CT molecular complexity index is 311.